The van der Waals surface area contributed by atoms with Crippen molar-refractivity contribution < 1.29 is 14.3 Å². The van der Waals surface area contributed by atoms with Gasteiger partial charge in [-0.25, -0.2) is 0 Å². The van der Waals surface area contributed by atoms with E-state index in [0.717, 1.165) is 17.0 Å². The molecule has 4 heteroatoms. The van der Waals surface area contributed by atoms with Crippen LogP contribution in [0.15, 0.2) is 42.5 Å². The van der Waals surface area contributed by atoms with E-state index in [1.165, 1.54) is 5.56 Å². The van der Waals surface area contributed by atoms with Crippen LogP contribution >= 0.6 is 0 Å². The number of anilines is 1. The molecule has 0 aliphatic carbocycles. The zero-order chi connectivity index (χ0) is 17.5. The summed E-state index contributed by atoms with van der Waals surface area (Å²) in [4.78, 5) is 12.5. The summed E-state index contributed by atoms with van der Waals surface area (Å²) in [6, 6.07) is 13.3. The highest BCUT2D eigenvalue weighted by Gasteiger charge is 2.11. The van der Waals surface area contributed by atoms with Gasteiger partial charge in [0.05, 0.1) is 13.7 Å². The van der Waals surface area contributed by atoms with E-state index in [-0.39, 0.29) is 5.91 Å². The smallest absolute Gasteiger partial charge is 0.255 e. The van der Waals surface area contributed by atoms with Crippen LogP contribution < -0.4 is 10.1 Å². The van der Waals surface area contributed by atoms with Crippen LogP contribution in [0.1, 0.15) is 48.2 Å². The van der Waals surface area contributed by atoms with Crippen LogP contribution in [-0.2, 0) is 11.3 Å². The average molecular weight is 327 g/mol. The average Bonchev–Trinajstić information content (AvgIpc) is 2.60. The maximum atomic E-state index is 12.5. The summed E-state index contributed by atoms with van der Waals surface area (Å²) in [6.45, 7) is 7.26. The predicted octanol–water partition coefficient (Wildman–Crippen LogP) is 4.61. The second-order valence-corrected chi connectivity index (χ2v) is 5.89. The molecule has 0 aliphatic rings. The number of hydrogen-bond donors (Lipinski definition) is 1. The van der Waals surface area contributed by atoms with Gasteiger partial charge in [-0.15, -0.1) is 0 Å². The van der Waals surface area contributed by atoms with Crippen molar-refractivity contribution in [1.29, 1.82) is 0 Å². The van der Waals surface area contributed by atoms with Crippen LogP contribution in [0, 0.1) is 0 Å². The van der Waals surface area contributed by atoms with Gasteiger partial charge in [0.2, 0.25) is 0 Å². The van der Waals surface area contributed by atoms with Crippen molar-refractivity contribution in [1.82, 2.24) is 0 Å². The first kappa shape index (κ1) is 18.0. The van der Waals surface area contributed by atoms with Gasteiger partial charge in [0, 0.05) is 23.4 Å². The van der Waals surface area contributed by atoms with Gasteiger partial charge in [0.1, 0.15) is 5.75 Å². The Morgan fingerprint density at radius 2 is 1.83 bits per heavy atom. The first-order valence-corrected chi connectivity index (χ1v) is 8.21. The number of nitrogens with one attached hydrogen (secondary N) is 1. The SMILES string of the molecule is CCOCc1cc(C(=O)Nc2ccc(C(C)C)cc2)ccc1OC. The standard InChI is InChI=1S/C20H25NO3/c1-5-24-13-17-12-16(8-11-19(17)23-4)20(22)21-18-9-6-15(7-10-18)14(2)3/h6-12,14H,5,13H2,1-4H3,(H,21,22). The lowest BCUT2D eigenvalue weighted by atomic mass is 10.0. The normalized spacial score (nSPS) is 10.7. The molecule has 1 N–H and O–H groups in total. The molecule has 0 bridgehead atoms. The topological polar surface area (TPSA) is 47.6 Å². The van der Waals surface area contributed by atoms with E-state index in [2.05, 4.69) is 19.2 Å². The maximum Gasteiger partial charge on any atom is 0.255 e. The highest BCUT2D eigenvalue weighted by molar-refractivity contribution is 6.04. The van der Waals surface area contributed by atoms with Gasteiger partial charge in [-0.2, -0.15) is 0 Å². The highest BCUT2D eigenvalue weighted by Crippen LogP contribution is 2.22. The minimum atomic E-state index is -0.146. The molecule has 1 amide bonds. The number of benzene rings is 2. The van der Waals surface area contributed by atoms with Crippen LogP contribution in [0.2, 0.25) is 0 Å². The Hall–Kier alpha value is -2.33. The Bertz CT molecular complexity index is 678. The molecule has 24 heavy (non-hydrogen) atoms. The molecule has 0 aliphatic heterocycles. The molecule has 0 aromatic heterocycles. The van der Waals surface area contributed by atoms with Gasteiger partial charge in [0.25, 0.3) is 5.91 Å². The molecule has 0 saturated heterocycles. The Morgan fingerprint density at radius 3 is 2.42 bits per heavy atom. The zero-order valence-corrected chi connectivity index (χ0v) is 14.8. The number of amides is 1. The Morgan fingerprint density at radius 1 is 1.12 bits per heavy atom. The number of hydrogen-bond acceptors (Lipinski definition) is 3. The van der Waals surface area contributed by atoms with Crippen molar-refractivity contribution in [2.45, 2.75) is 33.3 Å². The number of carbonyl (C=O) groups excluding carboxylic acids is 1. The summed E-state index contributed by atoms with van der Waals surface area (Å²) in [5, 5.41) is 2.92. The Labute approximate surface area is 143 Å². The molecule has 0 radical (unpaired) electrons. The number of carbonyl (C=O) groups is 1. The quantitative estimate of drug-likeness (QED) is 0.808. The summed E-state index contributed by atoms with van der Waals surface area (Å²) in [5.41, 5.74) is 3.48. The summed E-state index contributed by atoms with van der Waals surface area (Å²) in [6.07, 6.45) is 0. The monoisotopic (exact) mass is 327 g/mol. The molecular formula is C20H25NO3. The molecule has 128 valence electrons. The molecule has 2 aromatic carbocycles. The third-order valence-electron chi connectivity index (χ3n) is 3.84. The van der Waals surface area contributed by atoms with Crippen molar-refractivity contribution in [2.75, 3.05) is 19.0 Å². The summed E-state index contributed by atoms with van der Waals surface area (Å²) < 4.78 is 10.8. The second kappa shape index (κ2) is 8.50. The maximum absolute atomic E-state index is 12.5. The molecule has 4 nitrogen and oxygen atoms in total. The molecule has 0 unspecified atom stereocenters. The van der Waals surface area contributed by atoms with Crippen molar-refractivity contribution in [2.24, 2.45) is 0 Å². The first-order valence-electron chi connectivity index (χ1n) is 8.21. The Balaban J connectivity index is 2.13. The van der Waals surface area contributed by atoms with Crippen LogP contribution in [0.5, 0.6) is 5.75 Å². The first-order chi connectivity index (χ1) is 11.5. The molecule has 0 fully saturated rings. The van der Waals surface area contributed by atoms with E-state index < -0.39 is 0 Å². The molecule has 2 aromatic rings. The number of methoxy groups -OCH3 is 1. The van der Waals surface area contributed by atoms with Gasteiger partial charge in [-0.05, 0) is 48.7 Å². The third-order valence-corrected chi connectivity index (χ3v) is 3.84. The fourth-order valence-corrected chi connectivity index (χ4v) is 2.40. The van der Waals surface area contributed by atoms with E-state index in [1.807, 2.05) is 37.3 Å². The fourth-order valence-electron chi connectivity index (χ4n) is 2.40. The van der Waals surface area contributed by atoms with Gasteiger partial charge in [0.15, 0.2) is 0 Å². The highest BCUT2D eigenvalue weighted by atomic mass is 16.5. The Kier molecular flexibility index (Phi) is 6.38. The van der Waals surface area contributed by atoms with E-state index in [1.54, 1.807) is 19.2 Å². The van der Waals surface area contributed by atoms with Gasteiger partial charge >= 0.3 is 0 Å². The van der Waals surface area contributed by atoms with Crippen molar-refractivity contribution in [3.05, 3.63) is 59.2 Å². The van der Waals surface area contributed by atoms with Crippen molar-refractivity contribution >= 4 is 11.6 Å². The van der Waals surface area contributed by atoms with Crippen LogP contribution in [-0.4, -0.2) is 19.6 Å². The zero-order valence-electron chi connectivity index (χ0n) is 14.8. The lowest BCUT2D eigenvalue weighted by Crippen LogP contribution is -2.12. The van der Waals surface area contributed by atoms with E-state index in [9.17, 15) is 4.79 Å². The third kappa shape index (κ3) is 4.59. The summed E-state index contributed by atoms with van der Waals surface area (Å²) >= 11 is 0. The van der Waals surface area contributed by atoms with E-state index in [4.69, 9.17) is 9.47 Å². The minimum Gasteiger partial charge on any atom is -0.496 e. The van der Waals surface area contributed by atoms with Crippen LogP contribution in [0.4, 0.5) is 5.69 Å². The van der Waals surface area contributed by atoms with Gasteiger partial charge < -0.3 is 14.8 Å². The second-order valence-electron chi connectivity index (χ2n) is 5.89. The number of ether oxygens (including phenoxy) is 2. The lowest BCUT2D eigenvalue weighted by molar-refractivity contribution is 0.102. The molecule has 0 heterocycles. The molecule has 2 rings (SSSR count). The van der Waals surface area contributed by atoms with Gasteiger partial charge in [-0.3, -0.25) is 4.79 Å². The van der Waals surface area contributed by atoms with Crippen LogP contribution in [0.25, 0.3) is 0 Å². The van der Waals surface area contributed by atoms with E-state index in [0.29, 0.717) is 24.7 Å². The minimum absolute atomic E-state index is 0.146. The molecule has 0 atom stereocenters. The van der Waals surface area contributed by atoms with Gasteiger partial charge in [-0.1, -0.05) is 26.0 Å². The molecule has 0 spiro atoms. The van der Waals surface area contributed by atoms with Crippen molar-refractivity contribution in [3.8, 4) is 5.75 Å². The van der Waals surface area contributed by atoms with E-state index >= 15 is 0 Å². The summed E-state index contributed by atoms with van der Waals surface area (Å²) in [5.74, 6) is 1.05. The largest absolute Gasteiger partial charge is 0.496 e. The van der Waals surface area contributed by atoms with Crippen molar-refractivity contribution in [3.63, 3.8) is 0 Å². The number of rotatable bonds is 7. The predicted molar refractivity (Wildman–Crippen MR) is 96.8 cm³/mol. The summed E-state index contributed by atoms with van der Waals surface area (Å²) in [7, 11) is 1.61. The molecular weight excluding hydrogens is 302 g/mol. The molecule has 0 saturated carbocycles. The fraction of sp³-hybridized carbons (Fsp3) is 0.350. The van der Waals surface area contributed by atoms with Crippen LogP contribution in [0.3, 0.4) is 0 Å². The lowest BCUT2D eigenvalue weighted by Gasteiger charge is -2.12.